The highest BCUT2D eigenvalue weighted by atomic mass is 19.1. The van der Waals surface area contributed by atoms with Crippen molar-refractivity contribution in [3.05, 3.63) is 53.4 Å². The van der Waals surface area contributed by atoms with Gasteiger partial charge in [-0.1, -0.05) is 6.07 Å². The molecule has 0 aliphatic carbocycles. The van der Waals surface area contributed by atoms with Gasteiger partial charge in [-0.05, 0) is 31.5 Å². The lowest BCUT2D eigenvalue weighted by Gasteiger charge is -2.29. The summed E-state index contributed by atoms with van der Waals surface area (Å²) in [5.41, 5.74) is 2.81. The number of hydrogen-bond acceptors (Lipinski definition) is 7. The van der Waals surface area contributed by atoms with E-state index < -0.39 is 11.6 Å². The molecule has 33 heavy (non-hydrogen) atoms. The van der Waals surface area contributed by atoms with Crippen molar-refractivity contribution in [1.82, 2.24) is 20.3 Å². The number of carbonyl (C=O) groups is 1. The first-order valence-electron chi connectivity index (χ1n) is 10.8. The quantitative estimate of drug-likeness (QED) is 0.438. The fourth-order valence-corrected chi connectivity index (χ4v) is 4.32. The summed E-state index contributed by atoms with van der Waals surface area (Å²) in [7, 11) is 0. The molecule has 4 heterocycles. The summed E-state index contributed by atoms with van der Waals surface area (Å²) in [4.78, 5) is 25.0. The van der Waals surface area contributed by atoms with Crippen LogP contribution in [0.5, 0.6) is 5.75 Å². The number of H-pyrrole nitrogens is 1. The first-order chi connectivity index (χ1) is 16.0. The maximum atomic E-state index is 14.0. The van der Waals surface area contributed by atoms with Crippen LogP contribution in [0.1, 0.15) is 34.2 Å². The number of aromatic nitrogens is 3. The van der Waals surface area contributed by atoms with Crippen molar-refractivity contribution >= 4 is 17.3 Å². The largest absolute Gasteiger partial charge is 0.503 e. The molecule has 0 radical (unpaired) electrons. The van der Waals surface area contributed by atoms with Crippen molar-refractivity contribution in [1.29, 1.82) is 0 Å². The van der Waals surface area contributed by atoms with Gasteiger partial charge in [-0.15, -0.1) is 0 Å². The van der Waals surface area contributed by atoms with Gasteiger partial charge in [-0.25, -0.2) is 14.4 Å². The maximum Gasteiger partial charge on any atom is 0.255 e. The van der Waals surface area contributed by atoms with Crippen LogP contribution in [0.25, 0.3) is 11.4 Å². The summed E-state index contributed by atoms with van der Waals surface area (Å²) in [5, 5.41) is 16.2. The summed E-state index contributed by atoms with van der Waals surface area (Å²) in [6, 6.07) is 5.91. The Morgan fingerprint density at radius 2 is 2.18 bits per heavy atom. The van der Waals surface area contributed by atoms with Crippen molar-refractivity contribution in [2.45, 2.75) is 25.4 Å². The zero-order valence-electron chi connectivity index (χ0n) is 18.0. The monoisotopic (exact) mass is 453 g/mol. The molecule has 0 bridgehead atoms. The minimum atomic E-state index is -0.763. The van der Waals surface area contributed by atoms with E-state index in [4.69, 9.17) is 9.47 Å². The number of phenols is 1. The lowest BCUT2D eigenvalue weighted by Crippen LogP contribution is -2.38. The van der Waals surface area contributed by atoms with E-state index in [-0.39, 0.29) is 23.6 Å². The molecule has 1 aromatic carbocycles. The van der Waals surface area contributed by atoms with E-state index in [1.807, 2.05) is 0 Å². The molecule has 5 rings (SSSR count). The fourth-order valence-electron chi connectivity index (χ4n) is 4.32. The van der Waals surface area contributed by atoms with Gasteiger partial charge in [0.1, 0.15) is 5.82 Å². The molecule has 1 saturated heterocycles. The topological polar surface area (TPSA) is 121 Å². The van der Waals surface area contributed by atoms with E-state index in [2.05, 4.69) is 25.6 Å². The second kappa shape index (κ2) is 8.80. The Bertz CT molecular complexity index is 1190. The highest BCUT2D eigenvalue weighted by molar-refractivity contribution is 6.06. The minimum absolute atomic E-state index is 0.0530. The van der Waals surface area contributed by atoms with Crippen molar-refractivity contribution in [3.8, 4) is 17.1 Å². The highest BCUT2D eigenvalue weighted by Gasteiger charge is 2.35. The first-order valence-corrected chi connectivity index (χ1v) is 10.8. The molecule has 2 aromatic heterocycles. The van der Waals surface area contributed by atoms with Crippen molar-refractivity contribution in [2.24, 2.45) is 0 Å². The van der Waals surface area contributed by atoms with E-state index in [9.17, 15) is 14.3 Å². The molecule has 1 amide bonds. The van der Waals surface area contributed by atoms with Gasteiger partial charge in [0.05, 0.1) is 54.3 Å². The molecule has 2 aliphatic rings. The number of anilines is 2. The molecule has 0 spiro atoms. The van der Waals surface area contributed by atoms with Crippen LogP contribution in [0, 0.1) is 12.7 Å². The summed E-state index contributed by atoms with van der Waals surface area (Å²) < 4.78 is 25.4. The molecule has 3 aromatic rings. The van der Waals surface area contributed by atoms with Crippen LogP contribution >= 0.6 is 0 Å². The van der Waals surface area contributed by atoms with Crippen molar-refractivity contribution in [3.63, 3.8) is 0 Å². The van der Waals surface area contributed by atoms with Crippen molar-refractivity contribution < 1.29 is 23.8 Å². The Balaban J connectivity index is 1.61. The second-order valence-electron chi connectivity index (χ2n) is 8.12. The lowest BCUT2D eigenvalue weighted by atomic mass is 9.91. The average Bonchev–Trinajstić information content (AvgIpc) is 3.20. The third-order valence-corrected chi connectivity index (χ3v) is 5.88. The van der Waals surface area contributed by atoms with E-state index in [1.165, 1.54) is 12.1 Å². The minimum Gasteiger partial charge on any atom is -0.503 e. The van der Waals surface area contributed by atoms with Crippen LogP contribution in [-0.2, 0) is 9.47 Å². The summed E-state index contributed by atoms with van der Waals surface area (Å²) in [5.74, 6) is -1.05. The van der Waals surface area contributed by atoms with Gasteiger partial charge < -0.3 is 30.2 Å². The number of hydrogen-bond donors (Lipinski definition) is 4. The highest BCUT2D eigenvalue weighted by Crippen LogP contribution is 2.41. The molecule has 10 heteroatoms. The fraction of sp³-hybridized carbons (Fsp3) is 0.348. The number of para-hydroxylation sites is 1. The lowest BCUT2D eigenvalue weighted by molar-refractivity contribution is -0.0928. The van der Waals surface area contributed by atoms with Gasteiger partial charge in [0.15, 0.2) is 11.6 Å². The third kappa shape index (κ3) is 4.14. The standard InChI is InChI=1S/C23H24FN5O4/c1-12-25-6-5-16(27-12)20-21(28-17-4-2-3-15(24)22(17)30)18-19(29-20)13(10-26-23(18)31)9-14-11-32-7-8-33-14/h2-6,13-14,28-30H,7-11H2,1H3,(H,26,31)/t13-,14+/m0/s1. The summed E-state index contributed by atoms with van der Waals surface area (Å²) >= 11 is 0. The molecule has 9 nitrogen and oxygen atoms in total. The Hall–Kier alpha value is -3.50. The van der Waals surface area contributed by atoms with Crippen LogP contribution in [-0.4, -0.2) is 58.4 Å². The van der Waals surface area contributed by atoms with Gasteiger partial charge in [0.25, 0.3) is 5.91 Å². The number of ether oxygens (including phenoxy) is 2. The van der Waals surface area contributed by atoms with Gasteiger partial charge in [0, 0.05) is 24.4 Å². The van der Waals surface area contributed by atoms with E-state index in [1.54, 1.807) is 19.2 Å². The molecule has 2 atom stereocenters. The maximum absolute atomic E-state index is 14.0. The van der Waals surface area contributed by atoms with Crippen LogP contribution in [0.3, 0.4) is 0 Å². The van der Waals surface area contributed by atoms with Gasteiger partial charge in [-0.3, -0.25) is 4.79 Å². The number of rotatable bonds is 5. The number of amides is 1. The van der Waals surface area contributed by atoms with Gasteiger partial charge in [-0.2, -0.15) is 0 Å². The number of fused-ring (bicyclic) bond motifs is 1. The number of aromatic amines is 1. The normalized spacial score (nSPS) is 20.2. The molecule has 2 aliphatic heterocycles. The molecule has 0 saturated carbocycles. The molecular formula is C23H24FN5O4. The Morgan fingerprint density at radius 1 is 1.30 bits per heavy atom. The predicted octanol–water partition coefficient (Wildman–Crippen LogP) is 3.00. The second-order valence-corrected chi connectivity index (χ2v) is 8.12. The number of phenolic OH excluding ortho intramolecular Hbond substituents is 1. The Morgan fingerprint density at radius 3 is 2.97 bits per heavy atom. The molecule has 0 unspecified atom stereocenters. The van der Waals surface area contributed by atoms with E-state index >= 15 is 0 Å². The van der Waals surface area contributed by atoms with Crippen LogP contribution in [0.4, 0.5) is 15.8 Å². The summed E-state index contributed by atoms with van der Waals surface area (Å²) in [6.07, 6.45) is 2.20. The number of carbonyl (C=O) groups excluding carboxylic acids is 1. The molecule has 4 N–H and O–H groups in total. The van der Waals surface area contributed by atoms with E-state index in [0.717, 1.165) is 11.8 Å². The molecule has 1 fully saturated rings. The number of nitrogens with zero attached hydrogens (tertiary/aromatic N) is 2. The van der Waals surface area contributed by atoms with E-state index in [0.29, 0.717) is 61.2 Å². The smallest absolute Gasteiger partial charge is 0.255 e. The Kier molecular flexibility index (Phi) is 5.69. The van der Waals surface area contributed by atoms with Gasteiger partial charge in [0.2, 0.25) is 0 Å². The number of nitrogens with one attached hydrogen (secondary N) is 3. The predicted molar refractivity (Wildman–Crippen MR) is 118 cm³/mol. The summed E-state index contributed by atoms with van der Waals surface area (Å²) in [6.45, 7) is 3.83. The molecular weight excluding hydrogens is 429 g/mol. The molecule has 172 valence electrons. The number of aromatic hydroxyl groups is 1. The van der Waals surface area contributed by atoms with Crippen LogP contribution in [0.2, 0.25) is 0 Å². The number of halogens is 1. The number of aryl methyl sites for hydroxylation is 1. The van der Waals surface area contributed by atoms with Gasteiger partial charge >= 0.3 is 0 Å². The Labute approximate surface area is 189 Å². The zero-order valence-corrected chi connectivity index (χ0v) is 18.0. The number of benzene rings is 1. The third-order valence-electron chi connectivity index (χ3n) is 5.88. The van der Waals surface area contributed by atoms with Crippen LogP contribution in [0.15, 0.2) is 30.5 Å². The first kappa shape index (κ1) is 21.4. The zero-order chi connectivity index (χ0) is 22.9. The van der Waals surface area contributed by atoms with Crippen molar-refractivity contribution in [2.75, 3.05) is 31.7 Å². The SMILES string of the molecule is Cc1nccc(-c2[nH]c3c(c2Nc2cccc(F)c2O)C(=O)NC[C@@H]3C[C@@H]2COCCO2)n1. The average molecular weight is 453 g/mol. The van der Waals surface area contributed by atoms with Crippen LogP contribution < -0.4 is 10.6 Å².